The van der Waals surface area contributed by atoms with E-state index < -0.39 is 27.4 Å². The van der Waals surface area contributed by atoms with Gasteiger partial charge in [0.05, 0.1) is 31.6 Å². The SMILES string of the molecule is COc1ccc(C(CC(=O)NO)S(=O)(=O)c2ccc(OC)c(OC3CCCC3)c2)c(-c2cccc(OCc3ccccc3)c2)c1. The number of carbonyl (C=O) groups excluding carboxylic acids is 1. The third kappa shape index (κ3) is 7.58. The van der Waals surface area contributed by atoms with Crippen LogP contribution in [0.5, 0.6) is 23.0 Å². The third-order valence-corrected chi connectivity index (χ3v) is 10.0. The molecule has 1 aliphatic carbocycles. The molecule has 236 valence electrons. The molecule has 1 saturated carbocycles. The van der Waals surface area contributed by atoms with Crippen LogP contribution >= 0.6 is 0 Å². The molecule has 0 saturated heterocycles. The highest BCUT2D eigenvalue weighted by Gasteiger charge is 2.34. The highest BCUT2D eigenvalue weighted by molar-refractivity contribution is 7.91. The number of amides is 1. The minimum absolute atomic E-state index is 0.0302. The Balaban J connectivity index is 1.56. The van der Waals surface area contributed by atoms with Crippen molar-refractivity contribution in [2.75, 3.05) is 14.2 Å². The van der Waals surface area contributed by atoms with E-state index in [4.69, 9.17) is 18.9 Å². The molecule has 4 aromatic rings. The zero-order valence-corrected chi connectivity index (χ0v) is 26.1. The summed E-state index contributed by atoms with van der Waals surface area (Å²) in [6, 6.07) is 26.5. The standard InChI is InChI=1S/C35H37NO8S/c1-41-27-15-17-30(31(20-27)25-11-8-14-28(19-25)43-23-24-9-4-3-5-10-24)34(22-35(37)36-38)45(39,40)29-16-18-32(42-2)33(21-29)44-26-12-6-7-13-26/h3-5,8-11,14-21,26,34,38H,6-7,12-13,22-23H2,1-2H3,(H,36,37). The maximum atomic E-state index is 14.4. The molecule has 10 heteroatoms. The van der Waals surface area contributed by atoms with Crippen LogP contribution in [0.25, 0.3) is 11.1 Å². The molecule has 0 bridgehead atoms. The maximum absolute atomic E-state index is 14.4. The minimum atomic E-state index is -4.23. The Bertz CT molecular complexity index is 1720. The van der Waals surface area contributed by atoms with Crippen LogP contribution in [0.1, 0.15) is 48.5 Å². The maximum Gasteiger partial charge on any atom is 0.244 e. The Morgan fingerprint density at radius 1 is 0.867 bits per heavy atom. The van der Waals surface area contributed by atoms with Crippen molar-refractivity contribution in [2.24, 2.45) is 0 Å². The lowest BCUT2D eigenvalue weighted by molar-refractivity contribution is -0.129. The average molecular weight is 632 g/mol. The minimum Gasteiger partial charge on any atom is -0.497 e. The molecule has 0 heterocycles. The molecule has 1 aliphatic rings. The molecule has 4 aromatic carbocycles. The lowest BCUT2D eigenvalue weighted by Gasteiger charge is -2.23. The summed E-state index contributed by atoms with van der Waals surface area (Å²) >= 11 is 0. The monoisotopic (exact) mass is 631 g/mol. The van der Waals surface area contributed by atoms with Crippen molar-refractivity contribution in [1.29, 1.82) is 0 Å². The van der Waals surface area contributed by atoms with Gasteiger partial charge in [0.1, 0.15) is 23.4 Å². The van der Waals surface area contributed by atoms with Gasteiger partial charge in [0.15, 0.2) is 21.3 Å². The van der Waals surface area contributed by atoms with Gasteiger partial charge in [-0.1, -0.05) is 48.5 Å². The number of rotatable bonds is 13. The second kappa shape index (κ2) is 14.5. The number of carbonyl (C=O) groups is 1. The van der Waals surface area contributed by atoms with Crippen LogP contribution in [-0.4, -0.2) is 39.9 Å². The molecule has 45 heavy (non-hydrogen) atoms. The summed E-state index contributed by atoms with van der Waals surface area (Å²) in [5.74, 6) is 0.989. The van der Waals surface area contributed by atoms with Gasteiger partial charge in [0.2, 0.25) is 5.91 Å². The Labute approximate surface area is 263 Å². The van der Waals surface area contributed by atoms with E-state index in [2.05, 4.69) is 0 Å². The Hall–Kier alpha value is -4.54. The third-order valence-electron chi connectivity index (χ3n) is 7.93. The second-order valence-corrected chi connectivity index (χ2v) is 13.0. The van der Waals surface area contributed by atoms with Crippen LogP contribution in [-0.2, 0) is 21.2 Å². The van der Waals surface area contributed by atoms with Gasteiger partial charge in [-0.25, -0.2) is 13.9 Å². The normalized spacial score (nSPS) is 14.0. The molecule has 1 atom stereocenters. The summed E-state index contributed by atoms with van der Waals surface area (Å²) < 4.78 is 52.0. The van der Waals surface area contributed by atoms with Gasteiger partial charge in [-0.3, -0.25) is 10.0 Å². The zero-order valence-electron chi connectivity index (χ0n) is 25.3. The molecule has 9 nitrogen and oxygen atoms in total. The lowest BCUT2D eigenvalue weighted by Crippen LogP contribution is -2.25. The van der Waals surface area contributed by atoms with Crippen LogP contribution in [0.2, 0.25) is 0 Å². The first-order valence-corrected chi connectivity index (χ1v) is 16.3. The molecule has 5 rings (SSSR count). The lowest BCUT2D eigenvalue weighted by atomic mass is 9.95. The van der Waals surface area contributed by atoms with E-state index in [9.17, 15) is 18.4 Å². The molecular weight excluding hydrogens is 594 g/mol. The van der Waals surface area contributed by atoms with Gasteiger partial charge >= 0.3 is 0 Å². The number of nitrogens with one attached hydrogen (secondary N) is 1. The highest BCUT2D eigenvalue weighted by Crippen LogP contribution is 2.42. The number of ether oxygens (including phenoxy) is 4. The van der Waals surface area contributed by atoms with Gasteiger partial charge in [-0.2, -0.15) is 0 Å². The number of sulfone groups is 1. The highest BCUT2D eigenvalue weighted by atomic mass is 32.2. The molecule has 2 N–H and O–H groups in total. The van der Waals surface area contributed by atoms with E-state index in [1.807, 2.05) is 54.6 Å². The van der Waals surface area contributed by atoms with Gasteiger partial charge in [0, 0.05) is 6.07 Å². The van der Waals surface area contributed by atoms with Crippen LogP contribution in [0, 0.1) is 0 Å². The summed E-state index contributed by atoms with van der Waals surface area (Å²) in [7, 11) is -1.20. The fourth-order valence-electron chi connectivity index (χ4n) is 5.56. The Morgan fingerprint density at radius 3 is 2.36 bits per heavy atom. The van der Waals surface area contributed by atoms with Crippen LogP contribution < -0.4 is 24.4 Å². The number of hydroxylamine groups is 1. The van der Waals surface area contributed by atoms with Crippen LogP contribution in [0.4, 0.5) is 0 Å². The van der Waals surface area contributed by atoms with Crippen molar-refractivity contribution in [3.8, 4) is 34.1 Å². The number of methoxy groups -OCH3 is 2. The van der Waals surface area contributed by atoms with Crippen LogP contribution in [0.15, 0.2) is 95.9 Å². The smallest absolute Gasteiger partial charge is 0.244 e. The first-order chi connectivity index (χ1) is 21.8. The second-order valence-electron chi connectivity index (χ2n) is 10.9. The summed E-state index contributed by atoms with van der Waals surface area (Å²) in [6.07, 6.45) is 3.28. The quantitative estimate of drug-likeness (QED) is 0.124. The van der Waals surface area contributed by atoms with E-state index in [1.165, 1.54) is 26.4 Å². The largest absolute Gasteiger partial charge is 0.497 e. The predicted octanol–water partition coefficient (Wildman–Crippen LogP) is 6.68. The Morgan fingerprint density at radius 2 is 1.64 bits per heavy atom. The molecular formula is C35H37NO8S. The van der Waals surface area contributed by atoms with Crippen molar-refractivity contribution < 1.29 is 37.4 Å². The van der Waals surface area contributed by atoms with Crippen molar-refractivity contribution in [1.82, 2.24) is 5.48 Å². The zero-order chi connectivity index (χ0) is 31.8. The van der Waals surface area contributed by atoms with Gasteiger partial charge < -0.3 is 18.9 Å². The molecule has 1 unspecified atom stereocenters. The van der Waals surface area contributed by atoms with Crippen molar-refractivity contribution in [2.45, 2.75) is 55.0 Å². The first-order valence-electron chi connectivity index (χ1n) is 14.8. The first kappa shape index (κ1) is 31.9. The number of hydrogen-bond donors (Lipinski definition) is 2. The van der Waals surface area contributed by atoms with E-state index in [-0.39, 0.29) is 11.0 Å². The average Bonchev–Trinajstić information content (AvgIpc) is 3.59. The van der Waals surface area contributed by atoms with Gasteiger partial charge in [-0.15, -0.1) is 0 Å². The van der Waals surface area contributed by atoms with E-state index in [0.717, 1.165) is 31.2 Å². The Kier molecular flexibility index (Phi) is 10.3. The molecule has 1 fully saturated rings. The molecule has 0 spiro atoms. The number of hydrogen-bond acceptors (Lipinski definition) is 8. The van der Waals surface area contributed by atoms with Gasteiger partial charge in [0.25, 0.3) is 0 Å². The summed E-state index contributed by atoms with van der Waals surface area (Å²) in [5, 5.41) is 8.06. The van der Waals surface area contributed by atoms with E-state index in [0.29, 0.717) is 46.3 Å². The predicted molar refractivity (Wildman–Crippen MR) is 170 cm³/mol. The topological polar surface area (TPSA) is 120 Å². The van der Waals surface area contributed by atoms with Crippen molar-refractivity contribution >= 4 is 15.7 Å². The van der Waals surface area contributed by atoms with Gasteiger partial charge in [-0.05, 0) is 84.3 Å². The molecule has 0 aromatic heterocycles. The summed E-state index contributed by atoms with van der Waals surface area (Å²) in [4.78, 5) is 12.6. The fraction of sp³-hybridized carbons (Fsp3) is 0.286. The molecule has 0 aliphatic heterocycles. The van der Waals surface area contributed by atoms with E-state index >= 15 is 0 Å². The van der Waals surface area contributed by atoms with E-state index in [1.54, 1.807) is 29.7 Å². The summed E-state index contributed by atoms with van der Waals surface area (Å²) in [5.41, 5.74) is 4.16. The number of benzene rings is 4. The van der Waals surface area contributed by atoms with Crippen molar-refractivity contribution in [3.05, 3.63) is 102 Å². The summed E-state index contributed by atoms with van der Waals surface area (Å²) in [6.45, 7) is 0.353. The molecule has 0 radical (unpaired) electrons. The molecule has 1 amide bonds. The van der Waals surface area contributed by atoms with Crippen molar-refractivity contribution in [3.63, 3.8) is 0 Å². The fourth-order valence-corrected chi connectivity index (χ4v) is 7.33. The van der Waals surface area contributed by atoms with Crippen LogP contribution in [0.3, 0.4) is 0 Å².